The lowest BCUT2D eigenvalue weighted by atomic mass is 10.0. The monoisotopic (exact) mass is 380 g/mol. The summed E-state index contributed by atoms with van der Waals surface area (Å²) in [6.45, 7) is 6.82. The van der Waals surface area contributed by atoms with Gasteiger partial charge in [-0.1, -0.05) is 42.0 Å². The zero-order chi connectivity index (χ0) is 20.4. The van der Waals surface area contributed by atoms with Gasteiger partial charge in [0.1, 0.15) is 12.5 Å². The zero-order valence-electron chi connectivity index (χ0n) is 17.4. The number of anilines is 1. The molecule has 0 heterocycles. The first-order valence-electron chi connectivity index (χ1n) is 9.79. The number of aldehydes is 1. The highest BCUT2D eigenvalue weighted by Gasteiger charge is 2.13. The van der Waals surface area contributed by atoms with Gasteiger partial charge >= 0.3 is 0 Å². The van der Waals surface area contributed by atoms with E-state index in [1.54, 1.807) is 6.08 Å². The smallest absolute Gasteiger partial charge is 0.144 e. The van der Waals surface area contributed by atoms with Crippen molar-refractivity contribution >= 4 is 17.7 Å². The largest absolute Gasteiger partial charge is 0.379 e. The lowest BCUT2D eigenvalue weighted by molar-refractivity contribution is -0.104. The summed E-state index contributed by atoms with van der Waals surface area (Å²) in [6, 6.07) is 9.93. The number of hydrogen-bond acceptors (Lipinski definition) is 5. The van der Waals surface area contributed by atoms with Crippen LogP contribution < -0.4 is 10.6 Å². The Bertz CT molecular complexity index is 749. The van der Waals surface area contributed by atoms with Crippen LogP contribution >= 0.6 is 0 Å². The summed E-state index contributed by atoms with van der Waals surface area (Å²) in [4.78, 5) is 11.0. The molecule has 0 aliphatic heterocycles. The molecular weight excluding hydrogens is 348 g/mol. The fraction of sp³-hybridized carbons (Fsp3) is 0.391. The van der Waals surface area contributed by atoms with Crippen molar-refractivity contribution in [3.8, 4) is 0 Å². The third-order valence-electron chi connectivity index (χ3n) is 4.86. The lowest BCUT2D eigenvalue weighted by Gasteiger charge is -2.27. The molecule has 1 aliphatic carbocycles. The van der Waals surface area contributed by atoms with Crippen molar-refractivity contribution in [3.63, 3.8) is 0 Å². The second kappa shape index (κ2) is 11.1. The Kier molecular flexibility index (Phi) is 8.53. The SMILES string of the molecule is CC1=CCC(/C(C)=N/N(C)C(C)N/C(=C\C=O)CNc2ccccc2)C=CC1. The highest BCUT2D eigenvalue weighted by Crippen LogP contribution is 2.18. The summed E-state index contributed by atoms with van der Waals surface area (Å²) >= 11 is 0. The van der Waals surface area contributed by atoms with Crippen molar-refractivity contribution in [2.24, 2.45) is 11.0 Å². The van der Waals surface area contributed by atoms with Gasteiger partial charge in [0.2, 0.25) is 0 Å². The number of carbonyl (C=O) groups excluding carboxylic acids is 1. The average Bonchev–Trinajstić information content (AvgIpc) is 2.91. The molecule has 0 aromatic heterocycles. The van der Waals surface area contributed by atoms with Gasteiger partial charge in [0.15, 0.2) is 0 Å². The molecule has 2 rings (SSSR count). The maximum absolute atomic E-state index is 11.0. The van der Waals surface area contributed by atoms with Crippen LogP contribution in [0.1, 0.15) is 33.6 Å². The maximum Gasteiger partial charge on any atom is 0.144 e. The standard InChI is InChI=1S/C23H32N4O/c1-18-9-8-10-21(14-13-18)19(2)26-27(4)20(3)25-23(15-16-28)17-24-22-11-6-5-7-12-22/h5-8,10-13,15-16,20-21,24-25H,9,14,17H2,1-4H3/b23-15-,26-19+. The van der Waals surface area contributed by atoms with Gasteiger partial charge in [-0.25, -0.2) is 0 Å². The van der Waals surface area contributed by atoms with E-state index in [4.69, 9.17) is 5.10 Å². The number of allylic oxidation sites excluding steroid dienone is 5. The van der Waals surface area contributed by atoms with Crippen LogP contribution in [-0.4, -0.2) is 36.8 Å². The van der Waals surface area contributed by atoms with E-state index in [0.29, 0.717) is 12.5 Å². The number of carbonyl (C=O) groups is 1. The van der Waals surface area contributed by atoms with E-state index in [1.165, 1.54) is 5.57 Å². The molecule has 0 saturated heterocycles. The highest BCUT2D eigenvalue weighted by atomic mass is 16.1. The molecule has 5 heteroatoms. The fourth-order valence-corrected chi connectivity index (χ4v) is 2.98. The summed E-state index contributed by atoms with van der Waals surface area (Å²) < 4.78 is 0. The summed E-state index contributed by atoms with van der Waals surface area (Å²) in [5.41, 5.74) is 4.32. The van der Waals surface area contributed by atoms with Gasteiger partial charge in [0.25, 0.3) is 0 Å². The van der Waals surface area contributed by atoms with Crippen LogP contribution in [0.3, 0.4) is 0 Å². The van der Waals surface area contributed by atoms with Crippen LogP contribution in [0.25, 0.3) is 0 Å². The van der Waals surface area contributed by atoms with Crippen LogP contribution in [0.4, 0.5) is 5.69 Å². The van der Waals surface area contributed by atoms with Gasteiger partial charge in [-0.15, -0.1) is 0 Å². The Balaban J connectivity index is 1.95. The number of rotatable bonds is 9. The van der Waals surface area contributed by atoms with Crippen molar-refractivity contribution < 1.29 is 4.79 Å². The molecule has 1 aromatic rings. The molecule has 0 fully saturated rings. The second-order valence-electron chi connectivity index (χ2n) is 7.21. The van der Waals surface area contributed by atoms with E-state index in [0.717, 1.165) is 36.2 Å². The van der Waals surface area contributed by atoms with E-state index in [9.17, 15) is 4.79 Å². The predicted octanol–water partition coefficient (Wildman–Crippen LogP) is 4.34. The molecule has 2 N–H and O–H groups in total. The van der Waals surface area contributed by atoms with Gasteiger partial charge in [0.05, 0.1) is 6.54 Å². The Morgan fingerprint density at radius 2 is 2.11 bits per heavy atom. The van der Waals surface area contributed by atoms with Gasteiger partial charge in [-0.3, -0.25) is 9.80 Å². The first kappa shape index (κ1) is 21.5. The van der Waals surface area contributed by atoms with Gasteiger partial charge < -0.3 is 10.6 Å². The van der Waals surface area contributed by atoms with Gasteiger partial charge in [-0.2, -0.15) is 5.10 Å². The molecule has 0 bridgehead atoms. The summed E-state index contributed by atoms with van der Waals surface area (Å²) in [5, 5.41) is 13.4. The van der Waals surface area contributed by atoms with Crippen molar-refractivity contribution in [2.45, 2.75) is 39.8 Å². The topological polar surface area (TPSA) is 56.7 Å². The number of hydrazone groups is 1. The van der Waals surface area contributed by atoms with Gasteiger partial charge in [-0.05, 0) is 51.8 Å². The quantitative estimate of drug-likeness (QED) is 0.167. The fourth-order valence-electron chi connectivity index (χ4n) is 2.98. The third kappa shape index (κ3) is 7.06. The van der Waals surface area contributed by atoms with Crippen LogP contribution in [0.2, 0.25) is 0 Å². The third-order valence-corrected chi connectivity index (χ3v) is 4.86. The molecule has 0 spiro atoms. The molecule has 150 valence electrons. The van der Waals surface area contributed by atoms with Gasteiger partial charge in [0, 0.05) is 30.1 Å². The van der Waals surface area contributed by atoms with Crippen molar-refractivity contribution in [1.29, 1.82) is 0 Å². The van der Waals surface area contributed by atoms with Crippen molar-refractivity contribution in [2.75, 3.05) is 18.9 Å². The maximum atomic E-state index is 11.0. The van der Waals surface area contributed by atoms with E-state index < -0.39 is 0 Å². The van der Waals surface area contributed by atoms with Crippen LogP contribution in [0.15, 0.2) is 71.0 Å². The number of hydrogen-bond donors (Lipinski definition) is 2. The molecule has 0 radical (unpaired) electrons. The van der Waals surface area contributed by atoms with E-state index >= 15 is 0 Å². The normalized spacial score (nSPS) is 18.7. The summed E-state index contributed by atoms with van der Waals surface area (Å²) in [6.07, 6.45) is 11.1. The lowest BCUT2D eigenvalue weighted by Crippen LogP contribution is -2.40. The van der Waals surface area contributed by atoms with E-state index in [2.05, 4.69) is 42.7 Å². The van der Waals surface area contributed by atoms with E-state index in [1.807, 2.05) is 49.3 Å². The number of nitrogens with one attached hydrogen (secondary N) is 2. The number of nitrogens with zero attached hydrogens (tertiary/aromatic N) is 2. The van der Waals surface area contributed by atoms with E-state index in [-0.39, 0.29) is 6.17 Å². The molecule has 1 aromatic carbocycles. The zero-order valence-corrected chi connectivity index (χ0v) is 17.4. The molecule has 0 saturated carbocycles. The molecular formula is C23H32N4O. The second-order valence-corrected chi connectivity index (χ2v) is 7.21. The molecule has 28 heavy (non-hydrogen) atoms. The average molecular weight is 381 g/mol. The number of para-hydroxylation sites is 1. The summed E-state index contributed by atoms with van der Waals surface area (Å²) in [7, 11) is 1.95. The Morgan fingerprint density at radius 1 is 1.36 bits per heavy atom. The number of benzene rings is 1. The van der Waals surface area contributed by atoms with Crippen LogP contribution in [0.5, 0.6) is 0 Å². The Hall–Kier alpha value is -2.82. The molecule has 2 atom stereocenters. The Labute approximate surface area is 168 Å². The molecule has 5 nitrogen and oxygen atoms in total. The minimum Gasteiger partial charge on any atom is -0.379 e. The first-order valence-corrected chi connectivity index (χ1v) is 9.79. The highest BCUT2D eigenvalue weighted by molar-refractivity contribution is 5.86. The minimum atomic E-state index is -0.0502. The minimum absolute atomic E-state index is 0.0502. The van der Waals surface area contributed by atoms with Crippen molar-refractivity contribution in [3.05, 3.63) is 65.9 Å². The molecule has 1 aliphatic rings. The predicted molar refractivity (Wildman–Crippen MR) is 118 cm³/mol. The Morgan fingerprint density at radius 3 is 2.82 bits per heavy atom. The summed E-state index contributed by atoms with van der Waals surface area (Å²) in [5.74, 6) is 0.330. The molecule has 2 unspecified atom stereocenters. The first-order chi connectivity index (χ1) is 13.5. The molecule has 0 amide bonds. The van der Waals surface area contributed by atoms with Crippen molar-refractivity contribution in [1.82, 2.24) is 10.3 Å². The van der Waals surface area contributed by atoms with Crippen LogP contribution in [0, 0.1) is 5.92 Å². The van der Waals surface area contributed by atoms with Crippen LogP contribution in [-0.2, 0) is 4.79 Å².